The summed E-state index contributed by atoms with van der Waals surface area (Å²) < 4.78 is 5.03. The van der Waals surface area contributed by atoms with Gasteiger partial charge in [-0.3, -0.25) is 0 Å². The second kappa shape index (κ2) is 9.37. The Hall–Kier alpha value is -0.550. The molecule has 0 heterocycles. The summed E-state index contributed by atoms with van der Waals surface area (Å²) in [5, 5.41) is 12.5. The molecule has 0 saturated heterocycles. The molecule has 0 fully saturated rings. The standard InChI is InChI=1S/C15H25NO2S/c1-12-4-5-15(19-11-13(2)10-17)14(8-12)9-16-6-7-18-3/h4-5,8,13,16-17H,6-7,9-11H2,1-3H3. The smallest absolute Gasteiger partial charge is 0.0587 e. The van der Waals surface area contributed by atoms with E-state index in [1.807, 2.05) is 11.8 Å². The number of nitrogens with one attached hydrogen (secondary N) is 1. The molecule has 0 saturated carbocycles. The van der Waals surface area contributed by atoms with Gasteiger partial charge in [0.1, 0.15) is 0 Å². The van der Waals surface area contributed by atoms with Gasteiger partial charge in [0.25, 0.3) is 0 Å². The van der Waals surface area contributed by atoms with Gasteiger partial charge in [0.05, 0.1) is 6.61 Å². The third-order valence-corrected chi connectivity index (χ3v) is 4.29. The van der Waals surface area contributed by atoms with Crippen LogP contribution in [0.1, 0.15) is 18.1 Å². The van der Waals surface area contributed by atoms with E-state index >= 15 is 0 Å². The van der Waals surface area contributed by atoms with Crippen LogP contribution in [-0.4, -0.2) is 37.7 Å². The van der Waals surface area contributed by atoms with E-state index in [9.17, 15) is 0 Å². The van der Waals surface area contributed by atoms with Gasteiger partial charge < -0.3 is 15.2 Å². The predicted molar refractivity (Wildman–Crippen MR) is 81.7 cm³/mol. The molecule has 108 valence electrons. The van der Waals surface area contributed by atoms with Crippen molar-refractivity contribution >= 4 is 11.8 Å². The monoisotopic (exact) mass is 283 g/mol. The van der Waals surface area contributed by atoms with E-state index in [4.69, 9.17) is 9.84 Å². The van der Waals surface area contributed by atoms with Gasteiger partial charge in [-0.05, 0) is 24.5 Å². The quantitative estimate of drug-likeness (QED) is 0.539. The van der Waals surface area contributed by atoms with Crippen LogP contribution >= 0.6 is 11.8 Å². The van der Waals surface area contributed by atoms with E-state index < -0.39 is 0 Å². The van der Waals surface area contributed by atoms with Crippen molar-refractivity contribution in [1.82, 2.24) is 5.32 Å². The molecule has 0 bridgehead atoms. The fourth-order valence-corrected chi connectivity index (χ4v) is 2.72. The summed E-state index contributed by atoms with van der Waals surface area (Å²) in [6, 6.07) is 6.55. The number of ether oxygens (including phenoxy) is 1. The van der Waals surface area contributed by atoms with Gasteiger partial charge in [-0.25, -0.2) is 0 Å². The van der Waals surface area contributed by atoms with Gasteiger partial charge in [0.2, 0.25) is 0 Å². The molecule has 0 spiro atoms. The molecular weight excluding hydrogens is 258 g/mol. The molecule has 1 unspecified atom stereocenters. The minimum absolute atomic E-state index is 0.250. The number of aryl methyl sites for hydroxylation is 1. The Morgan fingerprint density at radius 3 is 2.89 bits per heavy atom. The number of hydrogen-bond acceptors (Lipinski definition) is 4. The van der Waals surface area contributed by atoms with E-state index in [1.54, 1.807) is 7.11 Å². The van der Waals surface area contributed by atoms with Crippen LogP contribution in [-0.2, 0) is 11.3 Å². The maximum atomic E-state index is 9.09. The third-order valence-electron chi connectivity index (χ3n) is 2.85. The summed E-state index contributed by atoms with van der Waals surface area (Å²) in [7, 11) is 1.71. The molecule has 0 amide bonds. The zero-order valence-electron chi connectivity index (χ0n) is 12.1. The Kier molecular flexibility index (Phi) is 8.14. The summed E-state index contributed by atoms with van der Waals surface area (Å²) in [5.74, 6) is 1.28. The van der Waals surface area contributed by atoms with Crippen LogP contribution in [0.2, 0.25) is 0 Å². The Balaban J connectivity index is 2.58. The number of rotatable bonds is 9. The number of benzene rings is 1. The summed E-state index contributed by atoms with van der Waals surface area (Å²) in [4.78, 5) is 1.30. The second-order valence-electron chi connectivity index (χ2n) is 4.88. The average Bonchev–Trinajstić information content (AvgIpc) is 2.42. The van der Waals surface area contributed by atoms with Crippen molar-refractivity contribution in [2.75, 3.05) is 32.6 Å². The fourth-order valence-electron chi connectivity index (χ4n) is 1.67. The van der Waals surface area contributed by atoms with Gasteiger partial charge in [0, 0.05) is 37.5 Å². The number of aliphatic hydroxyl groups is 1. The maximum Gasteiger partial charge on any atom is 0.0587 e. The molecule has 1 atom stereocenters. The largest absolute Gasteiger partial charge is 0.396 e. The molecule has 0 aromatic heterocycles. The number of methoxy groups -OCH3 is 1. The average molecular weight is 283 g/mol. The van der Waals surface area contributed by atoms with Crippen molar-refractivity contribution < 1.29 is 9.84 Å². The maximum absolute atomic E-state index is 9.09. The molecule has 3 nitrogen and oxygen atoms in total. The molecule has 19 heavy (non-hydrogen) atoms. The Bertz CT molecular complexity index is 371. The van der Waals surface area contributed by atoms with Crippen LogP contribution in [0.5, 0.6) is 0 Å². The molecule has 0 radical (unpaired) electrons. The first-order valence-corrected chi connectivity index (χ1v) is 7.68. The van der Waals surface area contributed by atoms with Crippen LogP contribution in [0.15, 0.2) is 23.1 Å². The van der Waals surface area contributed by atoms with Crippen molar-refractivity contribution in [3.05, 3.63) is 29.3 Å². The van der Waals surface area contributed by atoms with E-state index in [2.05, 4.69) is 37.4 Å². The first-order chi connectivity index (χ1) is 9.17. The minimum atomic E-state index is 0.250. The SMILES string of the molecule is COCCNCc1cc(C)ccc1SCC(C)CO. The Morgan fingerprint density at radius 2 is 2.21 bits per heavy atom. The summed E-state index contributed by atoms with van der Waals surface area (Å²) in [6.45, 7) is 6.89. The van der Waals surface area contributed by atoms with Crippen LogP contribution in [0.4, 0.5) is 0 Å². The highest BCUT2D eigenvalue weighted by molar-refractivity contribution is 7.99. The Labute approximate surface area is 120 Å². The van der Waals surface area contributed by atoms with Gasteiger partial charge in [-0.15, -0.1) is 11.8 Å². The van der Waals surface area contributed by atoms with Gasteiger partial charge in [-0.1, -0.05) is 24.6 Å². The molecule has 1 aromatic carbocycles. The predicted octanol–water partition coefficient (Wildman–Crippen LogP) is 2.45. The van der Waals surface area contributed by atoms with E-state index in [0.717, 1.165) is 25.4 Å². The van der Waals surface area contributed by atoms with Crippen LogP contribution in [0.25, 0.3) is 0 Å². The zero-order valence-corrected chi connectivity index (χ0v) is 12.9. The van der Waals surface area contributed by atoms with E-state index in [-0.39, 0.29) is 6.61 Å². The first-order valence-electron chi connectivity index (χ1n) is 6.70. The topological polar surface area (TPSA) is 41.5 Å². The van der Waals surface area contributed by atoms with Crippen molar-refractivity contribution in [3.63, 3.8) is 0 Å². The summed E-state index contributed by atoms with van der Waals surface area (Å²) in [6.07, 6.45) is 0. The molecule has 0 aliphatic carbocycles. The fraction of sp³-hybridized carbons (Fsp3) is 0.600. The van der Waals surface area contributed by atoms with Crippen LogP contribution in [0, 0.1) is 12.8 Å². The van der Waals surface area contributed by atoms with E-state index in [0.29, 0.717) is 5.92 Å². The summed E-state index contributed by atoms with van der Waals surface area (Å²) >= 11 is 1.82. The van der Waals surface area contributed by atoms with Gasteiger partial charge in [0.15, 0.2) is 0 Å². The summed E-state index contributed by atoms with van der Waals surface area (Å²) in [5.41, 5.74) is 2.61. The highest BCUT2D eigenvalue weighted by Gasteiger charge is 2.06. The second-order valence-corrected chi connectivity index (χ2v) is 5.94. The van der Waals surface area contributed by atoms with Crippen molar-refractivity contribution in [1.29, 1.82) is 0 Å². The first kappa shape index (κ1) is 16.5. The van der Waals surface area contributed by atoms with Crippen molar-refractivity contribution in [2.45, 2.75) is 25.3 Å². The van der Waals surface area contributed by atoms with Crippen molar-refractivity contribution in [3.8, 4) is 0 Å². The zero-order chi connectivity index (χ0) is 14.1. The van der Waals surface area contributed by atoms with Crippen molar-refractivity contribution in [2.24, 2.45) is 5.92 Å². The molecule has 0 aliphatic heterocycles. The van der Waals surface area contributed by atoms with Crippen LogP contribution < -0.4 is 5.32 Å². The minimum Gasteiger partial charge on any atom is -0.396 e. The molecule has 1 aromatic rings. The highest BCUT2D eigenvalue weighted by atomic mass is 32.2. The molecule has 0 aliphatic rings. The molecule has 2 N–H and O–H groups in total. The lowest BCUT2D eigenvalue weighted by atomic mass is 10.1. The normalized spacial score (nSPS) is 12.6. The molecule has 4 heteroatoms. The highest BCUT2D eigenvalue weighted by Crippen LogP contribution is 2.25. The lowest BCUT2D eigenvalue weighted by Gasteiger charge is -2.13. The van der Waals surface area contributed by atoms with Gasteiger partial charge >= 0.3 is 0 Å². The third kappa shape index (κ3) is 6.43. The van der Waals surface area contributed by atoms with E-state index in [1.165, 1.54) is 16.0 Å². The van der Waals surface area contributed by atoms with Crippen LogP contribution in [0.3, 0.4) is 0 Å². The van der Waals surface area contributed by atoms with Gasteiger partial charge in [-0.2, -0.15) is 0 Å². The lowest BCUT2D eigenvalue weighted by Crippen LogP contribution is -2.19. The number of aliphatic hydroxyl groups excluding tert-OH is 1. The Morgan fingerprint density at radius 1 is 1.42 bits per heavy atom. The lowest BCUT2D eigenvalue weighted by molar-refractivity contribution is 0.199. The number of hydrogen-bond donors (Lipinski definition) is 2. The molecule has 1 rings (SSSR count). The number of thioether (sulfide) groups is 1. The molecular formula is C15H25NO2S.